The van der Waals surface area contributed by atoms with Crippen molar-refractivity contribution in [2.24, 2.45) is 5.92 Å². The summed E-state index contributed by atoms with van der Waals surface area (Å²) in [6.07, 6.45) is 1.24. The summed E-state index contributed by atoms with van der Waals surface area (Å²) in [5.41, 5.74) is 1.01. The normalized spacial score (nSPS) is 19.2. The van der Waals surface area contributed by atoms with Crippen LogP contribution in [0.25, 0.3) is 0 Å². The largest absolute Gasteiger partial charge is 0.492 e. The number of amides is 2. The predicted octanol–water partition coefficient (Wildman–Crippen LogP) is 3.40. The van der Waals surface area contributed by atoms with Gasteiger partial charge in [0.05, 0.1) is 11.5 Å². The minimum Gasteiger partial charge on any atom is -0.492 e. The smallest absolute Gasteiger partial charge is 0.256 e. The van der Waals surface area contributed by atoms with Gasteiger partial charge in [-0.15, -0.1) is 0 Å². The summed E-state index contributed by atoms with van der Waals surface area (Å²) in [4.78, 5) is 29.1. The summed E-state index contributed by atoms with van der Waals surface area (Å²) < 4.78 is 19.7. The minimum absolute atomic E-state index is 0.0239. The lowest BCUT2D eigenvalue weighted by Gasteiger charge is -2.30. The molecule has 1 saturated heterocycles. The number of nitrogens with zero attached hydrogens (tertiary/aromatic N) is 2. The van der Waals surface area contributed by atoms with Gasteiger partial charge in [0.1, 0.15) is 18.2 Å². The number of hydrogen-bond acceptors (Lipinski definition) is 3. The molecule has 7 heteroatoms. The van der Waals surface area contributed by atoms with Gasteiger partial charge >= 0.3 is 0 Å². The fraction of sp³-hybridized carbons (Fsp3) is 0.364. The minimum atomic E-state index is -0.522. The summed E-state index contributed by atoms with van der Waals surface area (Å²) in [6.45, 7) is 2.21. The van der Waals surface area contributed by atoms with E-state index in [2.05, 4.69) is 0 Å². The molecule has 0 saturated carbocycles. The van der Waals surface area contributed by atoms with Crippen molar-refractivity contribution in [3.8, 4) is 5.75 Å². The fourth-order valence-electron chi connectivity index (χ4n) is 3.93. The Morgan fingerprint density at radius 2 is 1.79 bits per heavy atom. The molecule has 152 valence electrons. The first-order chi connectivity index (χ1) is 14.0. The number of rotatable bonds is 2. The molecule has 0 radical (unpaired) electrons. The Morgan fingerprint density at radius 3 is 2.62 bits per heavy atom. The lowest BCUT2D eigenvalue weighted by molar-refractivity contribution is -0.136. The molecule has 1 atom stereocenters. The first kappa shape index (κ1) is 19.7. The van der Waals surface area contributed by atoms with E-state index in [1.54, 1.807) is 28.0 Å². The first-order valence-corrected chi connectivity index (χ1v) is 10.1. The number of ether oxygens (including phenoxy) is 1. The van der Waals surface area contributed by atoms with Gasteiger partial charge in [-0.2, -0.15) is 0 Å². The molecule has 0 spiro atoms. The third-order valence-corrected chi connectivity index (χ3v) is 5.71. The van der Waals surface area contributed by atoms with Gasteiger partial charge in [-0.1, -0.05) is 23.7 Å². The lowest BCUT2D eigenvalue weighted by Crippen LogP contribution is -2.43. The van der Waals surface area contributed by atoms with Crippen molar-refractivity contribution in [2.75, 3.05) is 32.8 Å². The average molecular weight is 417 g/mol. The maximum absolute atomic E-state index is 14.0. The Bertz CT molecular complexity index is 936. The number of hydrogen-bond donors (Lipinski definition) is 0. The van der Waals surface area contributed by atoms with Crippen molar-refractivity contribution < 1.29 is 18.7 Å². The Morgan fingerprint density at radius 1 is 1.03 bits per heavy atom. The van der Waals surface area contributed by atoms with Crippen molar-refractivity contribution in [1.29, 1.82) is 0 Å². The second-order valence-corrected chi connectivity index (χ2v) is 7.85. The highest BCUT2D eigenvalue weighted by Gasteiger charge is 2.31. The van der Waals surface area contributed by atoms with Gasteiger partial charge in [-0.3, -0.25) is 9.59 Å². The standard InChI is InChI=1S/C22H22ClFN2O3/c23-17-6-7-20-15(13-17)12-16(14-29-20)21(27)25-8-3-9-26(11-10-25)22(28)18-4-1-2-5-19(18)24/h1-2,4-7,13,16H,3,8-12,14H2. The molecule has 1 fully saturated rings. The lowest BCUT2D eigenvalue weighted by atomic mass is 9.95. The molecule has 4 rings (SSSR count). The first-order valence-electron chi connectivity index (χ1n) is 9.77. The Balaban J connectivity index is 1.40. The molecule has 2 aromatic rings. The van der Waals surface area contributed by atoms with Crippen LogP contribution in [0.15, 0.2) is 42.5 Å². The number of fused-ring (bicyclic) bond motifs is 1. The van der Waals surface area contributed by atoms with Gasteiger partial charge in [0.2, 0.25) is 5.91 Å². The number of carbonyl (C=O) groups excluding carboxylic acids is 2. The molecule has 2 aromatic carbocycles. The number of halogens is 2. The molecule has 0 bridgehead atoms. The van der Waals surface area contributed by atoms with Gasteiger partial charge in [-0.25, -0.2) is 4.39 Å². The SMILES string of the molecule is O=C(c1ccccc1F)N1CCCN(C(=O)C2COc3ccc(Cl)cc3C2)CC1. The van der Waals surface area contributed by atoms with Crippen LogP contribution in [0.2, 0.25) is 5.02 Å². The van der Waals surface area contributed by atoms with E-state index in [0.717, 1.165) is 11.3 Å². The van der Waals surface area contributed by atoms with E-state index in [9.17, 15) is 14.0 Å². The van der Waals surface area contributed by atoms with E-state index < -0.39 is 5.82 Å². The molecule has 0 N–H and O–H groups in total. The van der Waals surface area contributed by atoms with E-state index in [1.807, 2.05) is 12.1 Å². The zero-order chi connectivity index (χ0) is 20.4. The quantitative estimate of drug-likeness (QED) is 0.753. The molecule has 29 heavy (non-hydrogen) atoms. The zero-order valence-electron chi connectivity index (χ0n) is 15.9. The van der Waals surface area contributed by atoms with Gasteiger partial charge in [0, 0.05) is 31.2 Å². The third-order valence-electron chi connectivity index (χ3n) is 5.48. The summed E-state index contributed by atoms with van der Waals surface area (Å²) in [7, 11) is 0. The van der Waals surface area contributed by atoms with E-state index in [4.69, 9.17) is 16.3 Å². The van der Waals surface area contributed by atoms with E-state index >= 15 is 0 Å². The Hall–Kier alpha value is -2.60. The van der Waals surface area contributed by atoms with Crippen molar-refractivity contribution in [2.45, 2.75) is 12.8 Å². The van der Waals surface area contributed by atoms with Gasteiger partial charge in [-0.05, 0) is 48.7 Å². The summed E-state index contributed by atoms with van der Waals surface area (Å²) in [5, 5.41) is 0.623. The maximum atomic E-state index is 14.0. The second kappa shape index (κ2) is 8.41. The summed E-state index contributed by atoms with van der Waals surface area (Å²) >= 11 is 6.07. The van der Waals surface area contributed by atoms with Crippen molar-refractivity contribution in [3.63, 3.8) is 0 Å². The molecule has 2 aliphatic heterocycles. The molecule has 0 aromatic heterocycles. The van der Waals surface area contributed by atoms with E-state index in [0.29, 0.717) is 50.7 Å². The zero-order valence-corrected chi connectivity index (χ0v) is 16.7. The summed E-state index contributed by atoms with van der Waals surface area (Å²) in [5.74, 6) is -0.324. The van der Waals surface area contributed by atoms with E-state index in [-0.39, 0.29) is 23.3 Å². The molecular weight excluding hydrogens is 395 g/mol. The molecule has 0 aliphatic carbocycles. The molecule has 1 unspecified atom stereocenters. The Labute approximate surface area is 174 Å². The number of carbonyl (C=O) groups is 2. The van der Waals surface area contributed by atoms with Crippen molar-refractivity contribution in [1.82, 2.24) is 9.80 Å². The topological polar surface area (TPSA) is 49.9 Å². The molecule has 5 nitrogen and oxygen atoms in total. The molecule has 2 amide bonds. The van der Waals surface area contributed by atoms with Crippen LogP contribution in [-0.4, -0.2) is 54.4 Å². The number of benzene rings is 2. The van der Waals surface area contributed by atoms with Crippen LogP contribution in [0.3, 0.4) is 0 Å². The van der Waals surface area contributed by atoms with Crippen molar-refractivity contribution in [3.05, 3.63) is 64.4 Å². The predicted molar refractivity (Wildman–Crippen MR) is 108 cm³/mol. The van der Waals surface area contributed by atoms with Crippen molar-refractivity contribution >= 4 is 23.4 Å². The second-order valence-electron chi connectivity index (χ2n) is 7.41. The highest BCUT2D eigenvalue weighted by molar-refractivity contribution is 6.30. The van der Waals surface area contributed by atoms with Crippen LogP contribution in [0.4, 0.5) is 4.39 Å². The molecule has 2 aliphatic rings. The highest BCUT2D eigenvalue weighted by atomic mass is 35.5. The highest BCUT2D eigenvalue weighted by Crippen LogP contribution is 2.30. The fourth-order valence-corrected chi connectivity index (χ4v) is 4.12. The molecular formula is C22H22ClFN2O3. The van der Waals surface area contributed by atoms with Crippen LogP contribution in [0.1, 0.15) is 22.3 Å². The van der Waals surface area contributed by atoms with Crippen LogP contribution < -0.4 is 4.74 Å². The summed E-state index contributed by atoms with van der Waals surface area (Å²) in [6, 6.07) is 11.4. The van der Waals surface area contributed by atoms with E-state index in [1.165, 1.54) is 12.1 Å². The average Bonchev–Trinajstić information content (AvgIpc) is 2.99. The van der Waals surface area contributed by atoms with Gasteiger partial charge in [0.15, 0.2) is 0 Å². The molecule has 2 heterocycles. The van der Waals surface area contributed by atoms with Crippen LogP contribution in [-0.2, 0) is 11.2 Å². The Kier molecular flexibility index (Phi) is 5.72. The van der Waals surface area contributed by atoms with Gasteiger partial charge in [0.25, 0.3) is 5.91 Å². The monoisotopic (exact) mass is 416 g/mol. The third kappa shape index (κ3) is 4.22. The van der Waals surface area contributed by atoms with Crippen LogP contribution in [0, 0.1) is 11.7 Å². The van der Waals surface area contributed by atoms with Crippen LogP contribution >= 0.6 is 11.6 Å². The van der Waals surface area contributed by atoms with Gasteiger partial charge < -0.3 is 14.5 Å². The maximum Gasteiger partial charge on any atom is 0.256 e. The van der Waals surface area contributed by atoms with Crippen LogP contribution in [0.5, 0.6) is 5.75 Å².